The molecule has 1 aromatic carbocycles. The van der Waals surface area contributed by atoms with Crippen LogP contribution in [0.25, 0.3) is 5.69 Å². The van der Waals surface area contributed by atoms with Gasteiger partial charge in [-0.15, -0.1) is 0 Å². The number of halogens is 1. The van der Waals surface area contributed by atoms with E-state index in [-0.39, 0.29) is 5.56 Å². The maximum atomic E-state index is 11.8. The van der Waals surface area contributed by atoms with Crippen molar-refractivity contribution in [1.82, 2.24) is 9.78 Å². The van der Waals surface area contributed by atoms with Crippen molar-refractivity contribution < 1.29 is 0 Å². The van der Waals surface area contributed by atoms with Gasteiger partial charge in [0.1, 0.15) is 0 Å². The molecule has 0 radical (unpaired) electrons. The second-order valence-corrected chi connectivity index (χ2v) is 5.45. The molecule has 1 heterocycles. The Bertz CT molecular complexity index is 569. The Morgan fingerprint density at radius 2 is 2.12 bits per heavy atom. The fraction of sp³-hybridized carbons (Fsp3) is 0.308. The van der Waals surface area contributed by atoms with Gasteiger partial charge >= 0.3 is 0 Å². The first-order valence-corrected chi connectivity index (χ1v) is 6.42. The van der Waals surface area contributed by atoms with E-state index in [9.17, 15) is 4.79 Å². The van der Waals surface area contributed by atoms with Gasteiger partial charge in [0, 0.05) is 16.2 Å². The molecular weight excluding hydrogens is 280 g/mol. The van der Waals surface area contributed by atoms with E-state index in [2.05, 4.69) is 34.9 Å². The number of hydrogen-bond acceptors (Lipinski definition) is 1. The van der Waals surface area contributed by atoms with Gasteiger partial charge in [0.05, 0.1) is 5.69 Å². The summed E-state index contributed by atoms with van der Waals surface area (Å²) >= 11 is 3.40. The zero-order valence-electron chi connectivity index (χ0n) is 9.90. The number of benzene rings is 1. The Balaban J connectivity index is 2.39. The van der Waals surface area contributed by atoms with Crippen molar-refractivity contribution in [2.24, 2.45) is 5.92 Å². The van der Waals surface area contributed by atoms with Gasteiger partial charge in [-0.2, -0.15) is 0 Å². The molecule has 17 heavy (non-hydrogen) atoms. The third-order valence-corrected chi connectivity index (χ3v) is 2.96. The number of hydrogen-bond donors (Lipinski definition) is 1. The lowest BCUT2D eigenvalue weighted by molar-refractivity contribution is 0.628. The smallest absolute Gasteiger partial charge is 0.271 e. The predicted octanol–water partition coefficient (Wildman–Crippen LogP) is 3.13. The summed E-state index contributed by atoms with van der Waals surface area (Å²) in [4.78, 5) is 11.8. The molecule has 0 aliphatic carbocycles. The van der Waals surface area contributed by atoms with Gasteiger partial charge in [-0.3, -0.25) is 9.89 Å². The van der Waals surface area contributed by atoms with Crippen LogP contribution in [0, 0.1) is 5.92 Å². The van der Waals surface area contributed by atoms with E-state index in [1.165, 1.54) is 0 Å². The molecule has 0 atom stereocenters. The lowest BCUT2D eigenvalue weighted by Gasteiger charge is -2.04. The minimum atomic E-state index is -0.0150. The van der Waals surface area contributed by atoms with Gasteiger partial charge in [-0.1, -0.05) is 35.8 Å². The molecule has 1 N–H and O–H groups in total. The Hall–Kier alpha value is -1.29. The number of rotatable bonds is 3. The summed E-state index contributed by atoms with van der Waals surface area (Å²) in [5, 5.41) is 3.14. The molecule has 90 valence electrons. The molecule has 2 aromatic rings. The largest absolute Gasteiger partial charge is 0.295 e. The zero-order chi connectivity index (χ0) is 12.4. The third kappa shape index (κ3) is 2.88. The van der Waals surface area contributed by atoms with Crippen LogP contribution in [-0.4, -0.2) is 9.78 Å². The Morgan fingerprint density at radius 3 is 2.76 bits per heavy atom. The number of H-pyrrole nitrogens is 1. The van der Waals surface area contributed by atoms with Gasteiger partial charge in [-0.05, 0) is 30.5 Å². The molecular formula is C13H15BrN2O. The predicted molar refractivity (Wildman–Crippen MR) is 72.6 cm³/mol. The first-order chi connectivity index (χ1) is 8.06. The minimum absolute atomic E-state index is 0.0150. The molecule has 4 heteroatoms. The van der Waals surface area contributed by atoms with Crippen LogP contribution in [0.4, 0.5) is 0 Å². The van der Waals surface area contributed by atoms with Crippen molar-refractivity contribution in [2.75, 3.05) is 0 Å². The van der Waals surface area contributed by atoms with E-state index in [0.29, 0.717) is 5.92 Å². The van der Waals surface area contributed by atoms with Gasteiger partial charge in [0.15, 0.2) is 0 Å². The molecule has 0 amide bonds. The van der Waals surface area contributed by atoms with Crippen LogP contribution in [0.3, 0.4) is 0 Å². The zero-order valence-corrected chi connectivity index (χ0v) is 11.5. The quantitative estimate of drug-likeness (QED) is 0.928. The maximum absolute atomic E-state index is 11.8. The van der Waals surface area contributed by atoms with Crippen LogP contribution in [0.2, 0.25) is 0 Å². The summed E-state index contributed by atoms with van der Waals surface area (Å²) in [5.74, 6) is 0.531. The first kappa shape index (κ1) is 12.2. The summed E-state index contributed by atoms with van der Waals surface area (Å²) in [6.45, 7) is 4.27. The van der Waals surface area contributed by atoms with Crippen molar-refractivity contribution in [3.8, 4) is 5.69 Å². The van der Waals surface area contributed by atoms with E-state index in [1.54, 1.807) is 10.7 Å². The highest BCUT2D eigenvalue weighted by molar-refractivity contribution is 9.10. The molecule has 0 saturated heterocycles. The number of nitrogens with zero attached hydrogens (tertiary/aromatic N) is 1. The Labute approximate surface area is 109 Å². The lowest BCUT2D eigenvalue weighted by atomic mass is 10.1. The van der Waals surface area contributed by atoms with Gasteiger partial charge < -0.3 is 0 Å². The molecule has 1 aromatic heterocycles. The molecule has 3 nitrogen and oxygen atoms in total. The van der Waals surface area contributed by atoms with Crippen molar-refractivity contribution in [2.45, 2.75) is 20.3 Å². The number of aromatic nitrogens is 2. The van der Waals surface area contributed by atoms with Crippen LogP contribution >= 0.6 is 15.9 Å². The summed E-state index contributed by atoms with van der Waals surface area (Å²) < 4.78 is 2.53. The highest BCUT2D eigenvalue weighted by Crippen LogP contribution is 2.14. The van der Waals surface area contributed by atoms with E-state index >= 15 is 0 Å². The maximum Gasteiger partial charge on any atom is 0.271 e. The summed E-state index contributed by atoms with van der Waals surface area (Å²) in [7, 11) is 0. The van der Waals surface area contributed by atoms with Crippen molar-refractivity contribution >= 4 is 15.9 Å². The molecule has 0 aliphatic heterocycles. The fourth-order valence-electron chi connectivity index (χ4n) is 1.80. The normalized spacial score (nSPS) is 11.1. The monoisotopic (exact) mass is 294 g/mol. The molecule has 0 spiro atoms. The van der Waals surface area contributed by atoms with Crippen LogP contribution in [0.1, 0.15) is 19.5 Å². The second-order valence-electron chi connectivity index (χ2n) is 4.53. The molecule has 2 rings (SSSR count). The van der Waals surface area contributed by atoms with Crippen molar-refractivity contribution in [1.29, 1.82) is 0 Å². The number of nitrogens with one attached hydrogen (secondary N) is 1. The standard InChI is InChI=1S/C13H15BrN2O/c1-9(2)6-11-8-13(17)16(15-11)12-5-3-4-10(14)7-12/h3-5,7-9,15H,6H2,1-2H3. The van der Waals surface area contributed by atoms with Crippen LogP contribution in [-0.2, 0) is 6.42 Å². The molecule has 0 aliphatic rings. The Kier molecular flexibility index (Phi) is 3.52. The molecule has 0 saturated carbocycles. The van der Waals surface area contributed by atoms with E-state index in [0.717, 1.165) is 22.3 Å². The average Bonchev–Trinajstić information content (AvgIpc) is 2.58. The summed E-state index contributed by atoms with van der Waals surface area (Å²) in [6.07, 6.45) is 0.885. The molecule has 0 unspecified atom stereocenters. The molecule has 0 fully saturated rings. The fourth-order valence-corrected chi connectivity index (χ4v) is 2.18. The van der Waals surface area contributed by atoms with Crippen LogP contribution in [0.5, 0.6) is 0 Å². The summed E-state index contributed by atoms with van der Waals surface area (Å²) in [6, 6.07) is 9.33. The highest BCUT2D eigenvalue weighted by Gasteiger charge is 2.06. The minimum Gasteiger partial charge on any atom is -0.295 e. The van der Waals surface area contributed by atoms with E-state index in [1.807, 2.05) is 24.3 Å². The second kappa shape index (κ2) is 4.92. The Morgan fingerprint density at radius 1 is 1.35 bits per heavy atom. The van der Waals surface area contributed by atoms with Crippen LogP contribution < -0.4 is 5.56 Å². The van der Waals surface area contributed by atoms with E-state index in [4.69, 9.17) is 0 Å². The lowest BCUT2D eigenvalue weighted by Crippen LogP contribution is -2.13. The van der Waals surface area contributed by atoms with E-state index < -0.39 is 0 Å². The number of aromatic amines is 1. The van der Waals surface area contributed by atoms with Crippen molar-refractivity contribution in [3.05, 3.63) is 50.9 Å². The SMILES string of the molecule is CC(C)Cc1cc(=O)n(-c2cccc(Br)c2)[nH]1. The molecule has 0 bridgehead atoms. The van der Waals surface area contributed by atoms with Gasteiger partial charge in [0.25, 0.3) is 5.56 Å². The average molecular weight is 295 g/mol. The van der Waals surface area contributed by atoms with Crippen LogP contribution in [0.15, 0.2) is 39.6 Å². The van der Waals surface area contributed by atoms with Gasteiger partial charge in [0.2, 0.25) is 0 Å². The summed E-state index contributed by atoms with van der Waals surface area (Å²) in [5.41, 5.74) is 1.81. The van der Waals surface area contributed by atoms with Gasteiger partial charge in [-0.25, -0.2) is 4.68 Å². The van der Waals surface area contributed by atoms with Crippen molar-refractivity contribution in [3.63, 3.8) is 0 Å². The third-order valence-electron chi connectivity index (χ3n) is 2.47. The first-order valence-electron chi connectivity index (χ1n) is 5.63. The highest BCUT2D eigenvalue weighted by atomic mass is 79.9. The topological polar surface area (TPSA) is 37.8 Å².